The molecule has 1 heterocycles. The van der Waals surface area contributed by atoms with Crippen molar-refractivity contribution in [2.45, 2.75) is 6.61 Å². The topological polar surface area (TPSA) is 80.3 Å². The van der Waals surface area contributed by atoms with E-state index in [0.717, 1.165) is 5.56 Å². The van der Waals surface area contributed by atoms with Crippen LogP contribution < -0.4 is 15.6 Å². The number of benzene rings is 2. The number of hydrazine groups is 1. The van der Waals surface area contributed by atoms with Gasteiger partial charge in [-0.25, -0.2) is 0 Å². The summed E-state index contributed by atoms with van der Waals surface area (Å²) in [7, 11) is 0. The molecule has 26 heavy (non-hydrogen) atoms. The Bertz CT molecular complexity index is 883. The first-order chi connectivity index (χ1) is 12.7. The average Bonchev–Trinajstić information content (AvgIpc) is 2.72. The quantitative estimate of drug-likeness (QED) is 0.696. The summed E-state index contributed by atoms with van der Waals surface area (Å²) in [6.07, 6.45) is 1.50. The highest BCUT2D eigenvalue weighted by Crippen LogP contribution is 2.15. The summed E-state index contributed by atoms with van der Waals surface area (Å²) in [5.74, 6) is -0.368. The third-order valence-electron chi connectivity index (χ3n) is 3.53. The standard InChI is InChI=1S/C20H17N3O3/c24-19(22-23-20(25)18-11-4-5-12-21-18)16-9-6-10-17(13-16)26-14-15-7-2-1-3-8-15/h1-13H,14H2,(H,22,24)(H,23,25). The largest absolute Gasteiger partial charge is 0.489 e. The van der Waals surface area contributed by atoms with E-state index in [2.05, 4.69) is 15.8 Å². The minimum atomic E-state index is -0.490. The molecule has 3 rings (SSSR count). The van der Waals surface area contributed by atoms with Gasteiger partial charge in [-0.1, -0.05) is 42.5 Å². The molecule has 0 saturated carbocycles. The highest BCUT2D eigenvalue weighted by atomic mass is 16.5. The Kier molecular flexibility index (Phi) is 5.57. The summed E-state index contributed by atoms with van der Waals surface area (Å²) >= 11 is 0. The Labute approximate surface area is 150 Å². The lowest BCUT2D eigenvalue weighted by atomic mass is 10.2. The van der Waals surface area contributed by atoms with Crippen molar-refractivity contribution in [3.05, 3.63) is 95.8 Å². The Morgan fingerprint density at radius 1 is 0.846 bits per heavy atom. The van der Waals surface area contributed by atoms with Crippen molar-refractivity contribution in [2.24, 2.45) is 0 Å². The molecule has 0 aliphatic rings. The van der Waals surface area contributed by atoms with Crippen molar-refractivity contribution < 1.29 is 14.3 Å². The summed E-state index contributed by atoms with van der Waals surface area (Å²) in [5, 5.41) is 0. The van der Waals surface area contributed by atoms with E-state index < -0.39 is 11.8 Å². The van der Waals surface area contributed by atoms with E-state index in [1.807, 2.05) is 30.3 Å². The van der Waals surface area contributed by atoms with Gasteiger partial charge in [-0.15, -0.1) is 0 Å². The van der Waals surface area contributed by atoms with Crippen molar-refractivity contribution >= 4 is 11.8 Å². The van der Waals surface area contributed by atoms with E-state index in [-0.39, 0.29) is 5.69 Å². The number of amides is 2. The highest BCUT2D eigenvalue weighted by Gasteiger charge is 2.10. The number of hydrogen-bond donors (Lipinski definition) is 2. The number of hydrogen-bond acceptors (Lipinski definition) is 4. The van der Waals surface area contributed by atoms with Crippen LogP contribution >= 0.6 is 0 Å². The van der Waals surface area contributed by atoms with Crippen LogP contribution in [0.4, 0.5) is 0 Å². The molecule has 0 aliphatic carbocycles. The van der Waals surface area contributed by atoms with Gasteiger partial charge in [-0.2, -0.15) is 0 Å². The van der Waals surface area contributed by atoms with Crippen molar-refractivity contribution in [1.29, 1.82) is 0 Å². The Morgan fingerprint density at radius 3 is 2.38 bits per heavy atom. The molecule has 1 aromatic heterocycles. The molecule has 0 spiro atoms. The maximum absolute atomic E-state index is 12.2. The van der Waals surface area contributed by atoms with Crippen LogP contribution in [-0.4, -0.2) is 16.8 Å². The number of nitrogens with zero attached hydrogens (tertiary/aromatic N) is 1. The van der Waals surface area contributed by atoms with Crippen molar-refractivity contribution in [3.63, 3.8) is 0 Å². The molecule has 0 saturated heterocycles. The highest BCUT2D eigenvalue weighted by molar-refractivity contribution is 5.98. The van der Waals surface area contributed by atoms with Crippen LogP contribution in [0.1, 0.15) is 26.4 Å². The van der Waals surface area contributed by atoms with E-state index in [0.29, 0.717) is 17.9 Å². The van der Waals surface area contributed by atoms with Gasteiger partial charge in [0.25, 0.3) is 11.8 Å². The SMILES string of the molecule is O=C(NNC(=O)c1ccccn1)c1cccc(OCc2ccccc2)c1. The first-order valence-electron chi connectivity index (χ1n) is 8.01. The van der Waals surface area contributed by atoms with Crippen LogP contribution in [0.5, 0.6) is 5.75 Å². The second-order valence-corrected chi connectivity index (χ2v) is 5.43. The van der Waals surface area contributed by atoms with Gasteiger partial charge in [-0.05, 0) is 35.9 Å². The number of carbonyl (C=O) groups is 2. The molecule has 0 unspecified atom stereocenters. The first-order valence-corrected chi connectivity index (χ1v) is 8.01. The fraction of sp³-hybridized carbons (Fsp3) is 0.0500. The van der Waals surface area contributed by atoms with Gasteiger partial charge in [0.15, 0.2) is 0 Å². The van der Waals surface area contributed by atoms with Gasteiger partial charge in [-0.3, -0.25) is 25.4 Å². The zero-order valence-electron chi connectivity index (χ0n) is 13.9. The third kappa shape index (κ3) is 4.67. The summed E-state index contributed by atoms with van der Waals surface area (Å²) in [6.45, 7) is 0.405. The molecule has 3 aromatic rings. The Balaban J connectivity index is 1.57. The minimum Gasteiger partial charge on any atom is -0.489 e. The molecule has 0 aliphatic heterocycles. The summed E-state index contributed by atoms with van der Waals surface area (Å²) in [6, 6.07) is 21.4. The van der Waals surface area contributed by atoms with Crippen molar-refractivity contribution in [1.82, 2.24) is 15.8 Å². The molecule has 6 nitrogen and oxygen atoms in total. The lowest BCUT2D eigenvalue weighted by Crippen LogP contribution is -2.41. The van der Waals surface area contributed by atoms with Crippen molar-refractivity contribution in [2.75, 3.05) is 0 Å². The van der Waals surface area contributed by atoms with E-state index in [1.54, 1.807) is 42.5 Å². The zero-order chi connectivity index (χ0) is 18.2. The lowest BCUT2D eigenvalue weighted by molar-refractivity contribution is 0.0844. The monoisotopic (exact) mass is 347 g/mol. The Hall–Kier alpha value is -3.67. The van der Waals surface area contributed by atoms with Gasteiger partial charge >= 0.3 is 0 Å². The fourth-order valence-corrected chi connectivity index (χ4v) is 2.21. The van der Waals surface area contributed by atoms with Gasteiger partial charge in [0, 0.05) is 11.8 Å². The van der Waals surface area contributed by atoms with Crippen LogP contribution in [0, 0.1) is 0 Å². The molecule has 0 atom stereocenters. The van der Waals surface area contributed by atoms with Crippen LogP contribution in [0.15, 0.2) is 79.0 Å². The van der Waals surface area contributed by atoms with Crippen molar-refractivity contribution in [3.8, 4) is 5.75 Å². The fourth-order valence-electron chi connectivity index (χ4n) is 2.21. The lowest BCUT2D eigenvalue weighted by Gasteiger charge is -2.09. The number of rotatable bonds is 5. The number of aromatic nitrogens is 1. The van der Waals surface area contributed by atoms with Gasteiger partial charge in [0.05, 0.1) is 0 Å². The molecule has 2 amide bonds. The second kappa shape index (κ2) is 8.43. The van der Waals surface area contributed by atoms with E-state index in [9.17, 15) is 9.59 Å². The second-order valence-electron chi connectivity index (χ2n) is 5.43. The number of nitrogens with one attached hydrogen (secondary N) is 2. The maximum atomic E-state index is 12.2. The molecular weight excluding hydrogens is 330 g/mol. The van der Waals surface area contributed by atoms with Crippen LogP contribution in [0.25, 0.3) is 0 Å². The van der Waals surface area contributed by atoms with Gasteiger partial charge < -0.3 is 4.74 Å². The van der Waals surface area contributed by atoms with E-state index in [4.69, 9.17) is 4.74 Å². The average molecular weight is 347 g/mol. The minimum absolute atomic E-state index is 0.216. The van der Waals surface area contributed by atoms with Crippen LogP contribution in [0.2, 0.25) is 0 Å². The predicted molar refractivity (Wildman–Crippen MR) is 96.4 cm³/mol. The molecule has 6 heteroatoms. The molecule has 0 bridgehead atoms. The smallest absolute Gasteiger partial charge is 0.288 e. The molecule has 130 valence electrons. The normalized spacial score (nSPS) is 10.0. The first kappa shape index (κ1) is 17.2. The van der Waals surface area contributed by atoms with E-state index >= 15 is 0 Å². The molecule has 2 aromatic carbocycles. The number of pyridine rings is 1. The van der Waals surface area contributed by atoms with Gasteiger partial charge in [0.2, 0.25) is 0 Å². The summed E-state index contributed by atoms with van der Waals surface area (Å²) in [4.78, 5) is 28.0. The van der Waals surface area contributed by atoms with Gasteiger partial charge in [0.1, 0.15) is 18.1 Å². The molecule has 0 fully saturated rings. The summed E-state index contributed by atoms with van der Waals surface area (Å²) in [5.41, 5.74) is 6.32. The number of carbonyl (C=O) groups excluding carboxylic acids is 2. The third-order valence-corrected chi connectivity index (χ3v) is 3.53. The van der Waals surface area contributed by atoms with Crippen LogP contribution in [0.3, 0.4) is 0 Å². The molecule has 0 radical (unpaired) electrons. The van der Waals surface area contributed by atoms with Crippen LogP contribution in [-0.2, 0) is 6.61 Å². The van der Waals surface area contributed by atoms with E-state index in [1.165, 1.54) is 6.20 Å². The molecular formula is C20H17N3O3. The predicted octanol–water partition coefficient (Wildman–Crippen LogP) is 2.74. The zero-order valence-corrected chi connectivity index (χ0v) is 13.9. The molecule has 2 N–H and O–H groups in total. The Morgan fingerprint density at radius 2 is 1.62 bits per heavy atom. The maximum Gasteiger partial charge on any atom is 0.288 e. The number of ether oxygens (including phenoxy) is 1. The summed E-state index contributed by atoms with van der Waals surface area (Å²) < 4.78 is 5.70.